The Morgan fingerprint density at radius 2 is 2.14 bits per heavy atom. The summed E-state index contributed by atoms with van der Waals surface area (Å²) < 4.78 is 11.0. The molecule has 1 aliphatic heterocycles. The molecular formula is C11H21NO2. The van der Waals surface area contributed by atoms with Gasteiger partial charge in [-0.3, -0.25) is 0 Å². The van der Waals surface area contributed by atoms with Crippen LogP contribution in [0, 0.1) is 0 Å². The van der Waals surface area contributed by atoms with Crippen molar-refractivity contribution in [2.75, 3.05) is 13.7 Å². The molecule has 2 unspecified atom stereocenters. The maximum atomic E-state index is 5.74. The lowest BCUT2D eigenvalue weighted by atomic mass is 9.89. The van der Waals surface area contributed by atoms with Gasteiger partial charge in [0.2, 0.25) is 0 Å². The van der Waals surface area contributed by atoms with E-state index in [4.69, 9.17) is 9.47 Å². The topological polar surface area (TPSA) is 30.5 Å². The Labute approximate surface area is 86.2 Å². The zero-order valence-electron chi connectivity index (χ0n) is 9.16. The normalized spacial score (nSPS) is 42.4. The van der Waals surface area contributed by atoms with Crippen molar-refractivity contribution in [3.8, 4) is 0 Å². The molecular weight excluding hydrogens is 178 g/mol. The van der Waals surface area contributed by atoms with E-state index in [9.17, 15) is 0 Å². The zero-order chi connectivity index (χ0) is 9.97. The predicted octanol–water partition coefficient (Wildman–Crippen LogP) is 1.32. The van der Waals surface area contributed by atoms with Crippen LogP contribution in [0.25, 0.3) is 0 Å². The van der Waals surface area contributed by atoms with Gasteiger partial charge in [-0.2, -0.15) is 0 Å². The number of nitrogens with one attached hydrogen (secondary N) is 1. The molecule has 1 saturated heterocycles. The molecule has 0 amide bonds. The second kappa shape index (κ2) is 4.60. The van der Waals surface area contributed by atoms with E-state index in [0.717, 1.165) is 6.54 Å². The second-order valence-corrected chi connectivity index (χ2v) is 4.58. The summed E-state index contributed by atoms with van der Waals surface area (Å²) in [6.07, 6.45) is 6.18. The zero-order valence-corrected chi connectivity index (χ0v) is 9.16. The fourth-order valence-electron chi connectivity index (χ4n) is 2.26. The van der Waals surface area contributed by atoms with Gasteiger partial charge in [-0.25, -0.2) is 0 Å². The third-order valence-corrected chi connectivity index (χ3v) is 3.38. The third-order valence-electron chi connectivity index (χ3n) is 3.38. The van der Waals surface area contributed by atoms with Crippen LogP contribution in [-0.4, -0.2) is 38.0 Å². The van der Waals surface area contributed by atoms with Crippen molar-refractivity contribution in [3.05, 3.63) is 0 Å². The molecule has 0 bridgehead atoms. The first-order valence-corrected chi connectivity index (χ1v) is 5.69. The van der Waals surface area contributed by atoms with Gasteiger partial charge < -0.3 is 14.8 Å². The van der Waals surface area contributed by atoms with Gasteiger partial charge in [0, 0.05) is 19.7 Å². The van der Waals surface area contributed by atoms with Gasteiger partial charge in [-0.1, -0.05) is 0 Å². The molecule has 82 valence electrons. The standard InChI is InChI=1S/C11H21NO2/c1-8-3-4-10(14-8)7-12-9-5-11(6-9)13-2/h8-12H,3-7H2,1-2H3. The van der Waals surface area contributed by atoms with Crippen LogP contribution < -0.4 is 5.32 Å². The molecule has 0 aromatic heterocycles. The Morgan fingerprint density at radius 3 is 2.71 bits per heavy atom. The molecule has 2 aliphatic rings. The van der Waals surface area contributed by atoms with Crippen LogP contribution >= 0.6 is 0 Å². The maximum Gasteiger partial charge on any atom is 0.0704 e. The van der Waals surface area contributed by atoms with E-state index in [0.29, 0.717) is 24.4 Å². The predicted molar refractivity (Wildman–Crippen MR) is 55.4 cm³/mol. The molecule has 0 spiro atoms. The van der Waals surface area contributed by atoms with Gasteiger partial charge in [-0.05, 0) is 32.6 Å². The number of ether oxygens (including phenoxy) is 2. The Kier molecular flexibility index (Phi) is 3.42. The van der Waals surface area contributed by atoms with Gasteiger partial charge in [0.15, 0.2) is 0 Å². The van der Waals surface area contributed by atoms with Gasteiger partial charge in [-0.15, -0.1) is 0 Å². The van der Waals surface area contributed by atoms with Crippen molar-refractivity contribution < 1.29 is 9.47 Å². The average Bonchev–Trinajstić information content (AvgIpc) is 2.49. The largest absolute Gasteiger partial charge is 0.381 e. The van der Waals surface area contributed by atoms with E-state index in [-0.39, 0.29) is 0 Å². The van der Waals surface area contributed by atoms with Crippen molar-refractivity contribution in [2.45, 2.75) is 57.0 Å². The van der Waals surface area contributed by atoms with Crippen LogP contribution in [0.4, 0.5) is 0 Å². The van der Waals surface area contributed by atoms with Crippen LogP contribution in [0.2, 0.25) is 0 Å². The van der Waals surface area contributed by atoms with Crippen LogP contribution in [0.5, 0.6) is 0 Å². The minimum absolute atomic E-state index is 0.451. The molecule has 3 nitrogen and oxygen atoms in total. The molecule has 2 rings (SSSR count). The highest BCUT2D eigenvalue weighted by atomic mass is 16.5. The van der Waals surface area contributed by atoms with Crippen molar-refractivity contribution in [1.29, 1.82) is 0 Å². The maximum absolute atomic E-state index is 5.74. The van der Waals surface area contributed by atoms with E-state index in [1.54, 1.807) is 7.11 Å². The quantitative estimate of drug-likeness (QED) is 0.740. The van der Waals surface area contributed by atoms with Crippen LogP contribution in [-0.2, 0) is 9.47 Å². The number of hydrogen-bond donors (Lipinski definition) is 1. The lowest BCUT2D eigenvalue weighted by Gasteiger charge is -2.35. The number of hydrogen-bond acceptors (Lipinski definition) is 3. The van der Waals surface area contributed by atoms with Crippen LogP contribution in [0.15, 0.2) is 0 Å². The van der Waals surface area contributed by atoms with Gasteiger partial charge in [0.1, 0.15) is 0 Å². The summed E-state index contributed by atoms with van der Waals surface area (Å²) in [7, 11) is 1.79. The minimum atomic E-state index is 0.451. The van der Waals surface area contributed by atoms with E-state index >= 15 is 0 Å². The van der Waals surface area contributed by atoms with Crippen molar-refractivity contribution in [3.63, 3.8) is 0 Å². The molecule has 0 aromatic carbocycles. The van der Waals surface area contributed by atoms with E-state index in [1.165, 1.54) is 25.7 Å². The fraction of sp³-hybridized carbons (Fsp3) is 1.00. The van der Waals surface area contributed by atoms with Gasteiger partial charge in [0.25, 0.3) is 0 Å². The lowest BCUT2D eigenvalue weighted by molar-refractivity contribution is 0.00775. The highest BCUT2D eigenvalue weighted by molar-refractivity contribution is 4.87. The highest BCUT2D eigenvalue weighted by Crippen LogP contribution is 2.23. The van der Waals surface area contributed by atoms with Crippen molar-refractivity contribution in [1.82, 2.24) is 5.32 Å². The Morgan fingerprint density at radius 1 is 1.36 bits per heavy atom. The molecule has 2 atom stereocenters. The molecule has 1 aliphatic carbocycles. The first-order valence-electron chi connectivity index (χ1n) is 5.69. The SMILES string of the molecule is COC1CC(NCC2CCC(C)O2)C1. The fourth-order valence-corrected chi connectivity index (χ4v) is 2.26. The third kappa shape index (κ3) is 2.47. The second-order valence-electron chi connectivity index (χ2n) is 4.58. The monoisotopic (exact) mass is 199 g/mol. The number of rotatable bonds is 4. The summed E-state index contributed by atoms with van der Waals surface area (Å²) >= 11 is 0. The molecule has 2 fully saturated rings. The molecule has 3 heteroatoms. The Bertz CT molecular complexity index is 180. The minimum Gasteiger partial charge on any atom is -0.381 e. The number of methoxy groups -OCH3 is 1. The molecule has 1 N–H and O–H groups in total. The van der Waals surface area contributed by atoms with Gasteiger partial charge in [0.05, 0.1) is 18.3 Å². The van der Waals surface area contributed by atoms with Crippen molar-refractivity contribution >= 4 is 0 Å². The molecule has 0 aromatic rings. The lowest BCUT2D eigenvalue weighted by Crippen LogP contribution is -2.47. The molecule has 0 radical (unpaired) electrons. The average molecular weight is 199 g/mol. The summed E-state index contributed by atoms with van der Waals surface area (Å²) in [6.45, 7) is 3.18. The highest BCUT2D eigenvalue weighted by Gasteiger charge is 2.30. The summed E-state index contributed by atoms with van der Waals surface area (Å²) in [5.41, 5.74) is 0. The van der Waals surface area contributed by atoms with Gasteiger partial charge >= 0.3 is 0 Å². The molecule has 1 saturated carbocycles. The summed E-state index contributed by atoms with van der Waals surface area (Å²) in [5, 5.41) is 3.54. The Hall–Kier alpha value is -0.120. The van der Waals surface area contributed by atoms with Crippen LogP contribution in [0.1, 0.15) is 32.6 Å². The summed E-state index contributed by atoms with van der Waals surface area (Å²) in [5.74, 6) is 0. The van der Waals surface area contributed by atoms with Crippen LogP contribution in [0.3, 0.4) is 0 Å². The smallest absolute Gasteiger partial charge is 0.0704 e. The van der Waals surface area contributed by atoms with E-state index < -0.39 is 0 Å². The summed E-state index contributed by atoms with van der Waals surface area (Å²) in [6, 6.07) is 0.666. The first kappa shape index (κ1) is 10.4. The molecule has 1 heterocycles. The first-order chi connectivity index (χ1) is 6.78. The Balaban J connectivity index is 1.56. The molecule has 14 heavy (non-hydrogen) atoms. The van der Waals surface area contributed by atoms with Crippen molar-refractivity contribution in [2.24, 2.45) is 0 Å². The van der Waals surface area contributed by atoms with E-state index in [2.05, 4.69) is 12.2 Å². The van der Waals surface area contributed by atoms with E-state index in [1.807, 2.05) is 0 Å². The summed E-state index contributed by atoms with van der Waals surface area (Å²) in [4.78, 5) is 0.